The van der Waals surface area contributed by atoms with Crippen LogP contribution in [-0.2, 0) is 16.4 Å². The highest BCUT2D eigenvalue weighted by atomic mass is 32.2. The monoisotopic (exact) mass is 421 g/mol. The molecule has 0 unspecified atom stereocenters. The van der Waals surface area contributed by atoms with Crippen LogP contribution >= 0.6 is 0 Å². The average Bonchev–Trinajstić information content (AvgIpc) is 2.70. The maximum atomic E-state index is 13.3. The Balaban J connectivity index is 2.10. The molecule has 0 spiro atoms. The van der Waals surface area contributed by atoms with Crippen LogP contribution in [0.25, 0.3) is 0 Å². The van der Waals surface area contributed by atoms with Crippen molar-refractivity contribution in [2.75, 3.05) is 21.3 Å². The minimum Gasteiger partial charge on any atom is -0.493 e. The van der Waals surface area contributed by atoms with E-state index in [9.17, 15) is 13.5 Å². The van der Waals surface area contributed by atoms with Crippen LogP contribution in [0.2, 0.25) is 0 Å². The Kier molecular flexibility index (Phi) is 6.07. The first kappa shape index (κ1) is 21.4. The largest absolute Gasteiger partial charge is 0.493 e. The lowest BCUT2D eigenvalue weighted by Crippen LogP contribution is -2.52. The van der Waals surface area contributed by atoms with Gasteiger partial charge in [-0.05, 0) is 44.0 Å². The molecule has 158 valence electrons. The van der Waals surface area contributed by atoms with E-state index >= 15 is 0 Å². The number of nitrogens with zero attached hydrogens (tertiary/aromatic N) is 1. The van der Waals surface area contributed by atoms with Gasteiger partial charge in [-0.3, -0.25) is 0 Å². The van der Waals surface area contributed by atoms with Gasteiger partial charge in [-0.2, -0.15) is 4.31 Å². The lowest BCUT2D eigenvalue weighted by molar-refractivity contribution is 0.0684. The lowest BCUT2D eigenvalue weighted by atomic mass is 9.94. The smallest absolute Gasteiger partial charge is 0.244 e. The highest BCUT2D eigenvalue weighted by Crippen LogP contribution is 2.42. The zero-order valence-electron chi connectivity index (χ0n) is 17.2. The summed E-state index contributed by atoms with van der Waals surface area (Å²) in [5.41, 5.74) is 1.19. The molecule has 7 nitrogen and oxygen atoms in total. The Labute approximate surface area is 171 Å². The standard InChI is InChI=1S/C21H27NO6S/c1-13(2)22-16(20(23)15-8-6-7-9-19(15)29(22,24)25)10-14-11-17(26-3)21(28-5)18(12-14)27-4/h6-9,11-13,16,20,23H,10H2,1-5H3/t16-,20+/m1/s1. The molecule has 3 rings (SSSR count). The van der Waals surface area contributed by atoms with Crippen molar-refractivity contribution < 1.29 is 27.7 Å². The molecular formula is C21H27NO6S. The second-order valence-electron chi connectivity index (χ2n) is 7.22. The van der Waals surface area contributed by atoms with Gasteiger partial charge in [-0.1, -0.05) is 18.2 Å². The molecule has 0 fully saturated rings. The van der Waals surface area contributed by atoms with E-state index in [1.54, 1.807) is 50.2 Å². The Hall–Kier alpha value is -2.29. The van der Waals surface area contributed by atoms with Crippen molar-refractivity contribution in [3.05, 3.63) is 47.5 Å². The number of fused-ring (bicyclic) bond motifs is 1. The fraction of sp³-hybridized carbons (Fsp3) is 0.429. The quantitative estimate of drug-likeness (QED) is 0.772. The van der Waals surface area contributed by atoms with Gasteiger partial charge < -0.3 is 19.3 Å². The minimum absolute atomic E-state index is 0.155. The fourth-order valence-electron chi connectivity index (χ4n) is 3.95. The number of methoxy groups -OCH3 is 3. The van der Waals surface area contributed by atoms with Gasteiger partial charge in [0, 0.05) is 11.6 Å². The number of benzene rings is 2. The Bertz CT molecular complexity index is 963. The van der Waals surface area contributed by atoms with Crippen molar-refractivity contribution in [2.24, 2.45) is 0 Å². The van der Waals surface area contributed by atoms with Gasteiger partial charge in [0.2, 0.25) is 15.8 Å². The fourth-order valence-corrected chi connectivity index (χ4v) is 6.02. The van der Waals surface area contributed by atoms with E-state index in [1.807, 2.05) is 0 Å². The van der Waals surface area contributed by atoms with Crippen molar-refractivity contribution in [3.8, 4) is 17.2 Å². The van der Waals surface area contributed by atoms with E-state index in [2.05, 4.69) is 0 Å². The van der Waals surface area contributed by atoms with Crippen LogP contribution in [0.5, 0.6) is 17.2 Å². The Morgan fingerprint density at radius 1 is 1.03 bits per heavy atom. The van der Waals surface area contributed by atoms with Gasteiger partial charge in [0.05, 0.1) is 38.4 Å². The van der Waals surface area contributed by atoms with Crippen LogP contribution in [0.3, 0.4) is 0 Å². The molecule has 1 aliphatic heterocycles. The zero-order valence-corrected chi connectivity index (χ0v) is 18.1. The van der Waals surface area contributed by atoms with Gasteiger partial charge in [0.25, 0.3) is 0 Å². The van der Waals surface area contributed by atoms with E-state index in [0.717, 1.165) is 5.56 Å². The number of sulfonamides is 1. The topological polar surface area (TPSA) is 85.3 Å². The summed E-state index contributed by atoms with van der Waals surface area (Å²) in [6, 6.07) is 9.17. The van der Waals surface area contributed by atoms with E-state index in [0.29, 0.717) is 22.8 Å². The molecule has 0 aromatic heterocycles. The first-order valence-electron chi connectivity index (χ1n) is 9.35. The Morgan fingerprint density at radius 3 is 2.14 bits per heavy atom. The normalized spacial score (nSPS) is 20.9. The van der Waals surface area contributed by atoms with Gasteiger partial charge in [0.15, 0.2) is 11.5 Å². The summed E-state index contributed by atoms with van der Waals surface area (Å²) in [5.74, 6) is 1.42. The summed E-state index contributed by atoms with van der Waals surface area (Å²) < 4.78 is 44.1. The molecule has 1 heterocycles. The highest BCUT2D eigenvalue weighted by Gasteiger charge is 2.44. The molecule has 29 heavy (non-hydrogen) atoms. The lowest BCUT2D eigenvalue weighted by Gasteiger charge is -2.41. The number of ether oxygens (including phenoxy) is 3. The second kappa shape index (κ2) is 8.22. The minimum atomic E-state index is -3.74. The summed E-state index contributed by atoms with van der Waals surface area (Å²) in [4.78, 5) is 0.155. The van der Waals surface area contributed by atoms with Crippen LogP contribution < -0.4 is 14.2 Å². The molecule has 0 radical (unpaired) electrons. The van der Waals surface area contributed by atoms with E-state index < -0.39 is 22.2 Å². The third-order valence-electron chi connectivity index (χ3n) is 5.16. The third-order valence-corrected chi connectivity index (χ3v) is 7.34. The SMILES string of the molecule is COc1cc(C[C@@H]2[C@@H](O)c3ccccc3S(=O)(=O)N2C(C)C)cc(OC)c1OC. The molecule has 2 aromatic rings. The summed E-state index contributed by atoms with van der Waals surface area (Å²) in [6.07, 6.45) is -0.680. The van der Waals surface area contributed by atoms with Crippen LogP contribution in [0.1, 0.15) is 31.1 Å². The van der Waals surface area contributed by atoms with Crippen molar-refractivity contribution >= 4 is 10.0 Å². The number of aliphatic hydroxyl groups excluding tert-OH is 1. The predicted octanol–water partition coefficient (Wildman–Crippen LogP) is 2.77. The number of rotatable bonds is 6. The van der Waals surface area contributed by atoms with Gasteiger partial charge in [-0.15, -0.1) is 0 Å². The molecule has 0 bridgehead atoms. The molecule has 8 heteroatoms. The van der Waals surface area contributed by atoms with Gasteiger partial charge >= 0.3 is 0 Å². The highest BCUT2D eigenvalue weighted by molar-refractivity contribution is 7.89. The molecular weight excluding hydrogens is 394 g/mol. The number of hydrogen-bond acceptors (Lipinski definition) is 6. The second-order valence-corrected chi connectivity index (χ2v) is 9.03. The van der Waals surface area contributed by atoms with Crippen molar-refractivity contribution in [1.82, 2.24) is 4.31 Å². The molecule has 1 aliphatic rings. The van der Waals surface area contributed by atoms with Crippen molar-refractivity contribution in [2.45, 2.75) is 43.4 Å². The summed E-state index contributed by atoms with van der Waals surface area (Å²) >= 11 is 0. The van der Waals surface area contributed by atoms with Gasteiger partial charge in [0.1, 0.15) is 0 Å². The molecule has 0 saturated heterocycles. The van der Waals surface area contributed by atoms with Crippen LogP contribution in [0, 0.1) is 0 Å². The van der Waals surface area contributed by atoms with Crippen LogP contribution in [-0.4, -0.2) is 51.2 Å². The molecule has 0 amide bonds. The maximum absolute atomic E-state index is 13.3. The van der Waals surface area contributed by atoms with Gasteiger partial charge in [-0.25, -0.2) is 8.42 Å². The predicted molar refractivity (Wildman–Crippen MR) is 109 cm³/mol. The first-order chi connectivity index (χ1) is 13.8. The molecule has 2 aromatic carbocycles. The van der Waals surface area contributed by atoms with E-state index in [-0.39, 0.29) is 17.4 Å². The molecule has 2 atom stereocenters. The average molecular weight is 422 g/mol. The third kappa shape index (κ3) is 3.68. The molecule has 0 aliphatic carbocycles. The van der Waals surface area contributed by atoms with Crippen molar-refractivity contribution in [3.63, 3.8) is 0 Å². The van der Waals surface area contributed by atoms with Crippen LogP contribution in [0.15, 0.2) is 41.3 Å². The maximum Gasteiger partial charge on any atom is 0.244 e. The Morgan fingerprint density at radius 2 is 1.62 bits per heavy atom. The summed E-state index contributed by atoms with van der Waals surface area (Å²) in [5, 5.41) is 11.1. The summed E-state index contributed by atoms with van der Waals surface area (Å²) in [7, 11) is 0.831. The zero-order chi connectivity index (χ0) is 21.3. The summed E-state index contributed by atoms with van der Waals surface area (Å²) in [6.45, 7) is 3.61. The first-order valence-corrected chi connectivity index (χ1v) is 10.8. The number of aliphatic hydroxyl groups is 1. The van der Waals surface area contributed by atoms with Crippen molar-refractivity contribution in [1.29, 1.82) is 0 Å². The molecule has 1 N–H and O–H groups in total. The van der Waals surface area contributed by atoms with E-state index in [1.165, 1.54) is 25.6 Å². The number of hydrogen-bond donors (Lipinski definition) is 1. The van der Waals surface area contributed by atoms with E-state index in [4.69, 9.17) is 14.2 Å². The van der Waals surface area contributed by atoms with Crippen LogP contribution in [0.4, 0.5) is 0 Å². The molecule has 0 saturated carbocycles.